The topological polar surface area (TPSA) is 43.8 Å². The third-order valence-electron chi connectivity index (χ3n) is 3.52. The summed E-state index contributed by atoms with van der Waals surface area (Å²) in [4.78, 5) is 16.1. The Morgan fingerprint density at radius 2 is 2.06 bits per heavy atom. The van der Waals surface area contributed by atoms with Crippen LogP contribution in [0.2, 0.25) is 0 Å². The summed E-state index contributed by atoms with van der Waals surface area (Å²) in [6.07, 6.45) is 3.65. The van der Waals surface area contributed by atoms with Gasteiger partial charge in [-0.05, 0) is 46.5 Å². The maximum atomic E-state index is 12.3. The molecule has 0 radical (unpaired) electrons. The number of aliphatic hydroxyl groups is 1. The van der Waals surface area contributed by atoms with Crippen LogP contribution in [-0.4, -0.2) is 52.7 Å². The van der Waals surface area contributed by atoms with E-state index in [9.17, 15) is 9.90 Å². The molecule has 17 heavy (non-hydrogen) atoms. The van der Waals surface area contributed by atoms with Crippen LogP contribution in [0, 0.1) is 0 Å². The Kier molecular flexibility index (Phi) is 5.75. The molecule has 0 aromatic rings. The van der Waals surface area contributed by atoms with Gasteiger partial charge in [0.2, 0.25) is 0 Å². The average Bonchev–Trinajstić information content (AvgIpc) is 2.30. The lowest BCUT2D eigenvalue weighted by atomic mass is 9.97. The number of urea groups is 1. The Balaban J connectivity index is 2.66. The summed E-state index contributed by atoms with van der Waals surface area (Å²) in [6, 6.07) is 0.359. The summed E-state index contributed by atoms with van der Waals surface area (Å²) in [6.45, 7) is 8.17. The summed E-state index contributed by atoms with van der Waals surface area (Å²) < 4.78 is 0. The van der Waals surface area contributed by atoms with E-state index in [4.69, 9.17) is 0 Å². The van der Waals surface area contributed by atoms with Gasteiger partial charge in [-0.15, -0.1) is 0 Å². The van der Waals surface area contributed by atoms with Crippen molar-refractivity contribution >= 4 is 6.03 Å². The molecule has 0 saturated carbocycles. The first-order chi connectivity index (χ1) is 8.10. The van der Waals surface area contributed by atoms with Gasteiger partial charge in [0.05, 0.1) is 6.10 Å². The number of amides is 2. The summed E-state index contributed by atoms with van der Waals surface area (Å²) in [5, 5.41) is 9.51. The smallest absolute Gasteiger partial charge is 0.320 e. The molecular formula is C13H26N2O2. The highest BCUT2D eigenvalue weighted by atomic mass is 16.3. The van der Waals surface area contributed by atoms with E-state index in [0.29, 0.717) is 6.42 Å². The summed E-state index contributed by atoms with van der Waals surface area (Å²) in [5.41, 5.74) is 0. The minimum atomic E-state index is -0.329. The molecule has 0 aromatic carbocycles. The zero-order chi connectivity index (χ0) is 12.8. The second-order valence-corrected chi connectivity index (χ2v) is 4.88. The molecule has 0 bridgehead atoms. The van der Waals surface area contributed by atoms with Gasteiger partial charge in [0.15, 0.2) is 0 Å². The Bertz CT molecular complexity index is 240. The normalized spacial score (nSPS) is 22.4. The molecule has 1 heterocycles. The molecule has 2 atom stereocenters. The maximum Gasteiger partial charge on any atom is 0.320 e. The van der Waals surface area contributed by atoms with Crippen LogP contribution in [-0.2, 0) is 0 Å². The maximum absolute atomic E-state index is 12.3. The van der Waals surface area contributed by atoms with Crippen molar-refractivity contribution in [1.82, 2.24) is 9.80 Å². The first kappa shape index (κ1) is 14.3. The molecule has 0 spiro atoms. The molecule has 100 valence electrons. The molecule has 1 fully saturated rings. The van der Waals surface area contributed by atoms with E-state index in [0.717, 1.165) is 32.5 Å². The van der Waals surface area contributed by atoms with Crippen molar-refractivity contribution in [2.24, 2.45) is 0 Å². The standard InChI is InChI=1S/C13H26N2O2/c1-4-14(5-2)13(17)15-9-7-6-8-12(15)10-11(3)16/h11-12,16H,4-10H2,1-3H3. The van der Waals surface area contributed by atoms with Crippen molar-refractivity contribution in [3.8, 4) is 0 Å². The van der Waals surface area contributed by atoms with Crippen LogP contribution in [0.1, 0.15) is 46.5 Å². The van der Waals surface area contributed by atoms with Gasteiger partial charge in [0.25, 0.3) is 0 Å². The van der Waals surface area contributed by atoms with Crippen LogP contribution in [0.4, 0.5) is 4.79 Å². The third-order valence-corrected chi connectivity index (χ3v) is 3.52. The quantitative estimate of drug-likeness (QED) is 0.820. The van der Waals surface area contributed by atoms with Gasteiger partial charge >= 0.3 is 6.03 Å². The third kappa shape index (κ3) is 3.87. The number of carbonyl (C=O) groups excluding carboxylic acids is 1. The number of hydrogen-bond acceptors (Lipinski definition) is 2. The van der Waals surface area contributed by atoms with Gasteiger partial charge in [-0.2, -0.15) is 0 Å². The van der Waals surface area contributed by atoms with Crippen molar-refractivity contribution in [1.29, 1.82) is 0 Å². The lowest BCUT2D eigenvalue weighted by molar-refractivity contribution is 0.0855. The minimum Gasteiger partial charge on any atom is -0.393 e. The number of likely N-dealkylation sites (tertiary alicyclic amines) is 1. The Hall–Kier alpha value is -0.770. The van der Waals surface area contributed by atoms with E-state index in [-0.39, 0.29) is 18.2 Å². The van der Waals surface area contributed by atoms with Crippen LogP contribution in [0.25, 0.3) is 0 Å². The van der Waals surface area contributed by atoms with Crippen molar-refractivity contribution in [2.45, 2.75) is 58.6 Å². The van der Waals surface area contributed by atoms with Crippen molar-refractivity contribution in [2.75, 3.05) is 19.6 Å². The first-order valence-corrected chi connectivity index (χ1v) is 6.83. The fraction of sp³-hybridized carbons (Fsp3) is 0.923. The van der Waals surface area contributed by atoms with Crippen LogP contribution in [0.3, 0.4) is 0 Å². The van der Waals surface area contributed by atoms with Crippen LogP contribution in [0.15, 0.2) is 0 Å². The Morgan fingerprint density at radius 3 is 2.59 bits per heavy atom. The highest BCUT2D eigenvalue weighted by molar-refractivity contribution is 5.74. The zero-order valence-corrected chi connectivity index (χ0v) is 11.4. The summed E-state index contributed by atoms with van der Waals surface area (Å²) in [5.74, 6) is 0. The van der Waals surface area contributed by atoms with E-state index in [1.807, 2.05) is 23.6 Å². The fourth-order valence-electron chi connectivity index (χ4n) is 2.57. The van der Waals surface area contributed by atoms with Crippen LogP contribution >= 0.6 is 0 Å². The summed E-state index contributed by atoms with van der Waals surface area (Å²) in [7, 11) is 0. The molecule has 4 nitrogen and oxygen atoms in total. The Labute approximate surface area is 105 Å². The molecule has 1 saturated heterocycles. The van der Waals surface area contributed by atoms with Gasteiger partial charge in [-0.1, -0.05) is 0 Å². The molecular weight excluding hydrogens is 216 g/mol. The molecule has 1 aliphatic heterocycles. The van der Waals surface area contributed by atoms with Gasteiger partial charge in [0.1, 0.15) is 0 Å². The number of aliphatic hydroxyl groups excluding tert-OH is 1. The number of rotatable bonds is 4. The largest absolute Gasteiger partial charge is 0.393 e. The highest BCUT2D eigenvalue weighted by Gasteiger charge is 2.29. The predicted octanol–water partition coefficient (Wildman–Crippen LogP) is 2.07. The molecule has 1 N–H and O–H groups in total. The van der Waals surface area contributed by atoms with E-state index in [1.54, 1.807) is 6.92 Å². The molecule has 1 aliphatic rings. The Morgan fingerprint density at radius 1 is 1.41 bits per heavy atom. The lowest BCUT2D eigenvalue weighted by Crippen LogP contribution is -2.51. The molecule has 1 rings (SSSR count). The van der Waals surface area contributed by atoms with E-state index in [2.05, 4.69) is 0 Å². The lowest BCUT2D eigenvalue weighted by Gasteiger charge is -2.39. The SMILES string of the molecule is CCN(CC)C(=O)N1CCCCC1CC(C)O. The van der Waals surface area contributed by atoms with Crippen LogP contribution < -0.4 is 0 Å². The second-order valence-electron chi connectivity index (χ2n) is 4.88. The minimum absolute atomic E-state index is 0.139. The number of piperidine rings is 1. The summed E-state index contributed by atoms with van der Waals surface area (Å²) >= 11 is 0. The number of carbonyl (C=O) groups is 1. The predicted molar refractivity (Wildman–Crippen MR) is 69.0 cm³/mol. The van der Waals surface area contributed by atoms with Crippen molar-refractivity contribution in [3.05, 3.63) is 0 Å². The first-order valence-electron chi connectivity index (χ1n) is 6.83. The number of nitrogens with zero attached hydrogens (tertiary/aromatic N) is 2. The highest BCUT2D eigenvalue weighted by Crippen LogP contribution is 2.22. The van der Waals surface area contributed by atoms with Crippen molar-refractivity contribution < 1.29 is 9.90 Å². The van der Waals surface area contributed by atoms with Crippen molar-refractivity contribution in [3.63, 3.8) is 0 Å². The molecule has 4 heteroatoms. The molecule has 2 amide bonds. The monoisotopic (exact) mass is 242 g/mol. The second kappa shape index (κ2) is 6.84. The van der Waals surface area contributed by atoms with E-state index in [1.165, 1.54) is 6.42 Å². The van der Waals surface area contributed by atoms with E-state index >= 15 is 0 Å². The van der Waals surface area contributed by atoms with E-state index < -0.39 is 0 Å². The fourth-order valence-corrected chi connectivity index (χ4v) is 2.57. The van der Waals surface area contributed by atoms with Gasteiger partial charge in [-0.3, -0.25) is 0 Å². The van der Waals surface area contributed by atoms with Gasteiger partial charge < -0.3 is 14.9 Å². The number of hydrogen-bond donors (Lipinski definition) is 1. The molecule has 0 aromatic heterocycles. The molecule has 2 unspecified atom stereocenters. The average molecular weight is 242 g/mol. The zero-order valence-electron chi connectivity index (χ0n) is 11.4. The molecule has 0 aliphatic carbocycles. The van der Waals surface area contributed by atoms with Gasteiger partial charge in [-0.25, -0.2) is 4.79 Å². The van der Waals surface area contributed by atoms with Crippen LogP contribution in [0.5, 0.6) is 0 Å². The van der Waals surface area contributed by atoms with Gasteiger partial charge in [0, 0.05) is 25.7 Å².